The maximum atomic E-state index is 12.3. The van der Waals surface area contributed by atoms with Crippen LogP contribution in [-0.4, -0.2) is 36.5 Å². The maximum absolute atomic E-state index is 12.3. The predicted octanol–water partition coefficient (Wildman–Crippen LogP) is 2.88. The SMILES string of the molecule is O=C(CSc1nnc(C2CC2)n1C1CC1)c1ccc(O)cc1O. The van der Waals surface area contributed by atoms with Crippen LogP contribution in [0.25, 0.3) is 0 Å². The molecule has 0 spiro atoms. The van der Waals surface area contributed by atoms with Gasteiger partial charge < -0.3 is 14.8 Å². The van der Waals surface area contributed by atoms with Crippen molar-refractivity contribution in [3.05, 3.63) is 29.6 Å². The summed E-state index contributed by atoms with van der Waals surface area (Å²) in [5.41, 5.74) is 0.218. The van der Waals surface area contributed by atoms with E-state index in [0.29, 0.717) is 12.0 Å². The fourth-order valence-electron chi connectivity index (χ4n) is 2.65. The molecule has 6 nitrogen and oxygen atoms in total. The highest BCUT2D eigenvalue weighted by atomic mass is 32.2. The summed E-state index contributed by atoms with van der Waals surface area (Å²) in [7, 11) is 0. The van der Waals surface area contributed by atoms with Crippen LogP contribution in [0.4, 0.5) is 0 Å². The van der Waals surface area contributed by atoms with E-state index in [9.17, 15) is 15.0 Å². The molecule has 0 atom stereocenters. The zero-order valence-electron chi connectivity index (χ0n) is 12.5. The van der Waals surface area contributed by atoms with Crippen molar-refractivity contribution in [2.24, 2.45) is 0 Å². The molecule has 1 aromatic heterocycles. The molecule has 120 valence electrons. The number of carbonyl (C=O) groups is 1. The van der Waals surface area contributed by atoms with E-state index in [2.05, 4.69) is 14.8 Å². The summed E-state index contributed by atoms with van der Waals surface area (Å²) in [6.07, 6.45) is 4.65. The average Bonchev–Trinajstić information content (AvgIpc) is 3.43. The van der Waals surface area contributed by atoms with Gasteiger partial charge in [0.05, 0.1) is 11.3 Å². The minimum Gasteiger partial charge on any atom is -0.508 e. The normalized spacial score (nSPS) is 17.4. The van der Waals surface area contributed by atoms with E-state index < -0.39 is 0 Å². The van der Waals surface area contributed by atoms with Crippen molar-refractivity contribution in [2.75, 3.05) is 5.75 Å². The summed E-state index contributed by atoms with van der Waals surface area (Å²) in [6, 6.07) is 4.50. The molecule has 1 heterocycles. The Kier molecular flexibility index (Phi) is 3.52. The van der Waals surface area contributed by atoms with Crippen molar-refractivity contribution in [1.29, 1.82) is 0 Å². The Bertz CT molecular complexity index is 766. The van der Waals surface area contributed by atoms with Crippen molar-refractivity contribution in [1.82, 2.24) is 14.8 Å². The molecule has 0 unspecified atom stereocenters. The predicted molar refractivity (Wildman–Crippen MR) is 85.1 cm³/mol. The zero-order valence-corrected chi connectivity index (χ0v) is 13.3. The number of rotatable bonds is 6. The van der Waals surface area contributed by atoms with E-state index >= 15 is 0 Å². The number of hydrogen-bond donors (Lipinski definition) is 2. The maximum Gasteiger partial charge on any atom is 0.191 e. The van der Waals surface area contributed by atoms with Crippen molar-refractivity contribution in [3.63, 3.8) is 0 Å². The first-order valence-corrected chi connectivity index (χ1v) is 8.75. The minimum absolute atomic E-state index is 0.0609. The molecule has 1 aromatic carbocycles. The number of phenols is 2. The van der Waals surface area contributed by atoms with Gasteiger partial charge in [0, 0.05) is 18.0 Å². The van der Waals surface area contributed by atoms with Gasteiger partial charge in [0.2, 0.25) is 0 Å². The molecule has 0 bridgehead atoms. The summed E-state index contributed by atoms with van der Waals surface area (Å²) in [5, 5.41) is 28.4. The molecule has 7 heteroatoms. The Labute approximate surface area is 137 Å². The van der Waals surface area contributed by atoms with Gasteiger partial charge in [0.25, 0.3) is 0 Å². The molecule has 0 aliphatic heterocycles. The van der Waals surface area contributed by atoms with Crippen LogP contribution in [-0.2, 0) is 0 Å². The number of benzene rings is 1. The van der Waals surface area contributed by atoms with Crippen molar-refractivity contribution >= 4 is 17.5 Å². The van der Waals surface area contributed by atoms with Gasteiger partial charge in [-0.2, -0.15) is 0 Å². The lowest BCUT2D eigenvalue weighted by atomic mass is 10.1. The Morgan fingerprint density at radius 2 is 2.00 bits per heavy atom. The minimum atomic E-state index is -0.196. The number of thioether (sulfide) groups is 1. The molecule has 2 N–H and O–H groups in total. The number of ketones is 1. The number of aromatic nitrogens is 3. The highest BCUT2D eigenvalue weighted by Gasteiger charge is 2.36. The summed E-state index contributed by atoms with van der Waals surface area (Å²) >= 11 is 1.36. The number of hydrogen-bond acceptors (Lipinski definition) is 6. The molecule has 2 saturated carbocycles. The summed E-state index contributed by atoms with van der Waals surface area (Å²) in [5.74, 6) is 1.34. The first kappa shape index (κ1) is 14.6. The fourth-order valence-corrected chi connectivity index (χ4v) is 3.54. The topological polar surface area (TPSA) is 88.2 Å². The van der Waals surface area contributed by atoms with E-state index in [1.165, 1.54) is 42.8 Å². The first-order chi connectivity index (χ1) is 11.1. The van der Waals surface area contributed by atoms with Crippen LogP contribution in [0.2, 0.25) is 0 Å². The molecule has 0 saturated heterocycles. The number of Topliss-reactive ketones (excluding diaryl/α,β-unsaturated/α-hetero) is 1. The average molecular weight is 331 g/mol. The number of nitrogens with zero attached hydrogens (tertiary/aromatic N) is 3. The second kappa shape index (κ2) is 5.56. The Morgan fingerprint density at radius 3 is 2.65 bits per heavy atom. The van der Waals surface area contributed by atoms with E-state index in [-0.39, 0.29) is 28.6 Å². The van der Waals surface area contributed by atoms with E-state index in [1.54, 1.807) is 0 Å². The molecular weight excluding hydrogens is 314 g/mol. The standard InChI is InChI=1S/C16H17N3O3S/c20-11-5-6-12(13(21)7-11)14(22)8-23-16-18-17-15(9-1-2-9)19(16)10-3-4-10/h5-7,9-10,20-21H,1-4,8H2. The van der Waals surface area contributed by atoms with E-state index in [4.69, 9.17) is 0 Å². The van der Waals surface area contributed by atoms with Crippen LogP contribution in [0.5, 0.6) is 11.5 Å². The van der Waals surface area contributed by atoms with Gasteiger partial charge in [-0.15, -0.1) is 10.2 Å². The summed E-state index contributed by atoms with van der Waals surface area (Å²) in [4.78, 5) is 12.3. The molecule has 0 radical (unpaired) electrons. The van der Waals surface area contributed by atoms with Crippen LogP contribution in [0.1, 0.15) is 53.8 Å². The fraction of sp³-hybridized carbons (Fsp3) is 0.438. The molecule has 4 rings (SSSR count). The van der Waals surface area contributed by atoms with Crippen LogP contribution in [0, 0.1) is 0 Å². The number of aromatic hydroxyl groups is 2. The monoisotopic (exact) mass is 331 g/mol. The van der Waals surface area contributed by atoms with Crippen LogP contribution in [0.3, 0.4) is 0 Å². The van der Waals surface area contributed by atoms with Crippen LogP contribution >= 0.6 is 11.8 Å². The first-order valence-electron chi connectivity index (χ1n) is 7.76. The van der Waals surface area contributed by atoms with Gasteiger partial charge in [-0.25, -0.2) is 0 Å². The third kappa shape index (κ3) is 2.93. The Morgan fingerprint density at radius 1 is 1.22 bits per heavy atom. The second-order valence-electron chi connectivity index (χ2n) is 6.13. The zero-order chi connectivity index (χ0) is 16.0. The number of phenolic OH excluding ortho intramolecular Hbond substituents is 2. The Balaban J connectivity index is 1.49. The van der Waals surface area contributed by atoms with Gasteiger partial charge in [0.15, 0.2) is 10.9 Å². The molecule has 2 fully saturated rings. The van der Waals surface area contributed by atoms with Crippen LogP contribution < -0.4 is 0 Å². The van der Waals surface area contributed by atoms with Crippen molar-refractivity contribution in [3.8, 4) is 11.5 Å². The lowest BCUT2D eigenvalue weighted by Gasteiger charge is -2.08. The third-order valence-electron chi connectivity index (χ3n) is 4.16. The Hall–Kier alpha value is -2.02. The van der Waals surface area contributed by atoms with Crippen molar-refractivity contribution < 1.29 is 15.0 Å². The second-order valence-corrected chi connectivity index (χ2v) is 7.07. The van der Waals surface area contributed by atoms with Crippen molar-refractivity contribution in [2.45, 2.75) is 42.8 Å². The molecular formula is C16H17N3O3S. The quantitative estimate of drug-likeness (QED) is 0.625. The van der Waals surface area contributed by atoms with Gasteiger partial charge in [-0.05, 0) is 37.8 Å². The van der Waals surface area contributed by atoms with Gasteiger partial charge in [-0.1, -0.05) is 11.8 Å². The van der Waals surface area contributed by atoms with Gasteiger partial charge in [0.1, 0.15) is 17.3 Å². The summed E-state index contributed by atoms with van der Waals surface area (Å²) in [6.45, 7) is 0. The van der Waals surface area contributed by atoms with E-state index in [0.717, 1.165) is 23.8 Å². The molecule has 2 aliphatic rings. The largest absolute Gasteiger partial charge is 0.508 e. The lowest BCUT2D eigenvalue weighted by molar-refractivity contribution is 0.102. The van der Waals surface area contributed by atoms with E-state index in [1.807, 2.05) is 0 Å². The third-order valence-corrected chi connectivity index (χ3v) is 5.10. The molecule has 2 aliphatic carbocycles. The molecule has 2 aromatic rings. The highest BCUT2D eigenvalue weighted by molar-refractivity contribution is 7.99. The molecule has 23 heavy (non-hydrogen) atoms. The lowest BCUT2D eigenvalue weighted by Crippen LogP contribution is -2.06. The number of carbonyl (C=O) groups excluding carboxylic acids is 1. The van der Waals surface area contributed by atoms with Gasteiger partial charge in [-0.3, -0.25) is 4.79 Å². The van der Waals surface area contributed by atoms with Crippen LogP contribution in [0.15, 0.2) is 23.4 Å². The smallest absolute Gasteiger partial charge is 0.191 e. The van der Waals surface area contributed by atoms with Gasteiger partial charge >= 0.3 is 0 Å². The highest BCUT2D eigenvalue weighted by Crippen LogP contribution is 2.46. The summed E-state index contributed by atoms with van der Waals surface area (Å²) < 4.78 is 2.20. The molecule has 0 amide bonds.